The number of rotatable bonds is 8. The van der Waals surface area contributed by atoms with Gasteiger partial charge in [0, 0.05) is 12.1 Å². The Bertz CT molecular complexity index is 1230. The second-order valence-electron chi connectivity index (χ2n) is 7.26. The van der Waals surface area contributed by atoms with Crippen molar-refractivity contribution in [3.63, 3.8) is 0 Å². The summed E-state index contributed by atoms with van der Waals surface area (Å²) in [4.78, 5) is 12.5. The molecule has 0 aliphatic heterocycles. The third-order valence-corrected chi connectivity index (χ3v) is 6.87. The first-order valence-corrected chi connectivity index (χ1v) is 12.0. The van der Waals surface area contributed by atoms with Crippen LogP contribution in [0.2, 0.25) is 5.02 Å². The molecule has 8 heteroatoms. The minimum atomic E-state index is -3.99. The Morgan fingerprint density at radius 1 is 1.03 bits per heavy atom. The van der Waals surface area contributed by atoms with Gasteiger partial charge in [-0.25, -0.2) is 8.42 Å². The molecular formula is C24H25ClN2O4S. The van der Waals surface area contributed by atoms with Crippen LogP contribution in [0.25, 0.3) is 0 Å². The van der Waals surface area contributed by atoms with Crippen LogP contribution < -0.4 is 14.8 Å². The smallest absolute Gasteiger partial charge is 0.263 e. The zero-order valence-corrected chi connectivity index (χ0v) is 19.7. The molecule has 2 N–H and O–H groups in total. The van der Waals surface area contributed by atoms with E-state index in [1.807, 2.05) is 51.1 Å². The largest absolute Gasteiger partial charge is 0.494 e. The molecule has 0 radical (unpaired) electrons. The summed E-state index contributed by atoms with van der Waals surface area (Å²) in [6.45, 7) is 6.51. The number of sulfonamides is 1. The van der Waals surface area contributed by atoms with Gasteiger partial charge in [0.25, 0.3) is 15.9 Å². The first-order valence-electron chi connectivity index (χ1n) is 10.1. The zero-order chi connectivity index (χ0) is 23.3. The summed E-state index contributed by atoms with van der Waals surface area (Å²) >= 11 is 6.17. The summed E-state index contributed by atoms with van der Waals surface area (Å²) in [5.41, 5.74) is 3.32. The first kappa shape index (κ1) is 23.6. The summed E-state index contributed by atoms with van der Waals surface area (Å²) in [6, 6.07) is 16.9. The highest BCUT2D eigenvalue weighted by Crippen LogP contribution is 2.27. The van der Waals surface area contributed by atoms with Crippen LogP contribution in [0.3, 0.4) is 0 Å². The van der Waals surface area contributed by atoms with Crippen LogP contribution in [0, 0.1) is 13.8 Å². The van der Waals surface area contributed by atoms with Gasteiger partial charge in [-0.1, -0.05) is 35.9 Å². The Kier molecular flexibility index (Phi) is 7.43. The minimum Gasteiger partial charge on any atom is -0.494 e. The van der Waals surface area contributed by atoms with Crippen molar-refractivity contribution >= 4 is 33.2 Å². The molecule has 0 aliphatic carbocycles. The molecule has 0 heterocycles. The number of amides is 1. The van der Waals surface area contributed by atoms with E-state index in [1.165, 1.54) is 18.2 Å². The van der Waals surface area contributed by atoms with Crippen LogP contribution in [-0.2, 0) is 16.6 Å². The van der Waals surface area contributed by atoms with Crippen LogP contribution in [0.4, 0.5) is 5.69 Å². The first-order chi connectivity index (χ1) is 15.2. The van der Waals surface area contributed by atoms with Gasteiger partial charge in [-0.3, -0.25) is 9.52 Å². The second kappa shape index (κ2) is 10.1. The maximum Gasteiger partial charge on any atom is 0.263 e. The van der Waals surface area contributed by atoms with Gasteiger partial charge in [-0.2, -0.15) is 0 Å². The van der Waals surface area contributed by atoms with E-state index in [2.05, 4.69) is 10.0 Å². The average Bonchev–Trinajstić information content (AvgIpc) is 2.76. The molecule has 0 bridgehead atoms. The standard InChI is InChI=1S/C24H25ClN2O4S/c1-4-31-20-11-8-18(9-12-20)15-26-24(28)19-10-13-21(25)23(14-19)32(29,30)27-22-7-5-6-16(2)17(22)3/h5-14,27H,4,15H2,1-3H3,(H,26,28). The molecular weight excluding hydrogens is 448 g/mol. The van der Waals surface area contributed by atoms with E-state index >= 15 is 0 Å². The Morgan fingerprint density at radius 2 is 1.75 bits per heavy atom. The Morgan fingerprint density at radius 3 is 2.44 bits per heavy atom. The summed E-state index contributed by atoms with van der Waals surface area (Å²) < 4.78 is 33.9. The third-order valence-electron chi connectivity index (χ3n) is 5.02. The van der Waals surface area contributed by atoms with Crippen molar-refractivity contribution < 1.29 is 17.9 Å². The van der Waals surface area contributed by atoms with Crippen LogP contribution >= 0.6 is 11.6 Å². The number of halogens is 1. The van der Waals surface area contributed by atoms with Gasteiger partial charge < -0.3 is 10.1 Å². The third kappa shape index (κ3) is 5.60. The number of nitrogens with one attached hydrogen (secondary N) is 2. The summed E-state index contributed by atoms with van der Waals surface area (Å²) in [5.74, 6) is 0.352. The molecule has 1 amide bonds. The molecule has 6 nitrogen and oxygen atoms in total. The molecule has 168 valence electrons. The lowest BCUT2D eigenvalue weighted by Crippen LogP contribution is -2.23. The molecule has 0 saturated carbocycles. The molecule has 32 heavy (non-hydrogen) atoms. The molecule has 0 unspecified atom stereocenters. The van der Waals surface area contributed by atoms with Gasteiger partial charge in [0.2, 0.25) is 0 Å². The maximum absolute atomic E-state index is 13.0. The van der Waals surface area contributed by atoms with E-state index in [0.29, 0.717) is 12.3 Å². The lowest BCUT2D eigenvalue weighted by Gasteiger charge is -2.14. The van der Waals surface area contributed by atoms with Gasteiger partial charge in [0.15, 0.2) is 0 Å². The quantitative estimate of drug-likeness (QED) is 0.478. The van der Waals surface area contributed by atoms with Crippen molar-refractivity contribution in [2.45, 2.75) is 32.2 Å². The van der Waals surface area contributed by atoms with Crippen LogP contribution in [0.1, 0.15) is 34.0 Å². The van der Waals surface area contributed by atoms with Crippen LogP contribution in [0.5, 0.6) is 5.75 Å². The number of ether oxygens (including phenoxy) is 1. The SMILES string of the molecule is CCOc1ccc(CNC(=O)c2ccc(Cl)c(S(=O)(=O)Nc3cccc(C)c3C)c2)cc1. The van der Waals surface area contributed by atoms with Gasteiger partial charge >= 0.3 is 0 Å². The monoisotopic (exact) mass is 472 g/mol. The molecule has 3 rings (SSSR count). The number of aryl methyl sites for hydroxylation is 1. The highest BCUT2D eigenvalue weighted by molar-refractivity contribution is 7.92. The van der Waals surface area contributed by atoms with Crippen LogP contribution in [-0.4, -0.2) is 20.9 Å². The van der Waals surface area contributed by atoms with Crippen LogP contribution in [0.15, 0.2) is 65.6 Å². The fraction of sp³-hybridized carbons (Fsp3) is 0.208. The van der Waals surface area contributed by atoms with Gasteiger partial charge in [0.05, 0.1) is 17.3 Å². The second-order valence-corrected chi connectivity index (χ2v) is 9.32. The number of anilines is 1. The Balaban J connectivity index is 1.76. The van der Waals surface area contributed by atoms with E-state index in [0.717, 1.165) is 22.4 Å². The highest BCUT2D eigenvalue weighted by Gasteiger charge is 2.21. The van der Waals surface area contributed by atoms with Gasteiger partial charge in [-0.05, 0) is 73.9 Å². The minimum absolute atomic E-state index is 0.0332. The summed E-state index contributed by atoms with van der Waals surface area (Å²) in [6.07, 6.45) is 0. The average molecular weight is 473 g/mol. The van der Waals surface area contributed by atoms with Crippen molar-refractivity contribution in [2.24, 2.45) is 0 Å². The number of benzene rings is 3. The molecule has 0 saturated heterocycles. The molecule has 0 fully saturated rings. The predicted octanol–water partition coefficient (Wildman–Crippen LogP) is 5.09. The van der Waals surface area contributed by atoms with Crippen molar-refractivity contribution in [2.75, 3.05) is 11.3 Å². The normalized spacial score (nSPS) is 11.1. The molecule has 3 aromatic rings. The number of hydrogen-bond donors (Lipinski definition) is 2. The molecule has 0 spiro atoms. The van der Waals surface area contributed by atoms with E-state index in [4.69, 9.17) is 16.3 Å². The topological polar surface area (TPSA) is 84.5 Å². The number of hydrogen-bond acceptors (Lipinski definition) is 4. The molecule has 0 aromatic heterocycles. The molecule has 0 atom stereocenters. The van der Waals surface area contributed by atoms with E-state index in [1.54, 1.807) is 12.1 Å². The summed E-state index contributed by atoms with van der Waals surface area (Å²) in [7, 11) is -3.99. The lowest BCUT2D eigenvalue weighted by atomic mass is 10.1. The van der Waals surface area contributed by atoms with E-state index in [-0.39, 0.29) is 22.0 Å². The fourth-order valence-corrected chi connectivity index (χ4v) is 4.72. The zero-order valence-electron chi connectivity index (χ0n) is 18.1. The van der Waals surface area contributed by atoms with Crippen molar-refractivity contribution in [3.8, 4) is 5.75 Å². The highest BCUT2D eigenvalue weighted by atomic mass is 35.5. The predicted molar refractivity (Wildman–Crippen MR) is 127 cm³/mol. The van der Waals surface area contributed by atoms with Gasteiger partial charge in [-0.15, -0.1) is 0 Å². The number of carbonyl (C=O) groups is 1. The molecule has 3 aromatic carbocycles. The lowest BCUT2D eigenvalue weighted by molar-refractivity contribution is 0.0950. The van der Waals surface area contributed by atoms with E-state index < -0.39 is 15.9 Å². The fourth-order valence-electron chi connectivity index (χ4n) is 3.07. The Hall–Kier alpha value is -3.03. The number of carbonyl (C=O) groups excluding carboxylic acids is 1. The van der Waals surface area contributed by atoms with Crippen molar-refractivity contribution in [1.82, 2.24) is 5.32 Å². The Labute approximate surface area is 193 Å². The van der Waals surface area contributed by atoms with Crippen molar-refractivity contribution in [3.05, 3.63) is 87.9 Å². The summed E-state index contributed by atoms with van der Waals surface area (Å²) in [5, 5.41) is 2.83. The van der Waals surface area contributed by atoms with Gasteiger partial charge in [0.1, 0.15) is 10.6 Å². The maximum atomic E-state index is 13.0. The van der Waals surface area contributed by atoms with E-state index in [9.17, 15) is 13.2 Å². The van der Waals surface area contributed by atoms with Crippen molar-refractivity contribution in [1.29, 1.82) is 0 Å². The molecule has 0 aliphatic rings.